The van der Waals surface area contributed by atoms with Crippen molar-refractivity contribution in [3.8, 4) is 0 Å². The molecule has 1 radical (unpaired) electrons. The second-order valence-corrected chi connectivity index (χ2v) is 2.57. The summed E-state index contributed by atoms with van der Waals surface area (Å²) in [5.74, 6) is -0.239. The molecule has 0 aromatic carbocycles. The number of unbranched alkanes of at least 4 members (excludes halogenated alkanes) is 2. The van der Waals surface area contributed by atoms with Crippen molar-refractivity contribution in [3.05, 3.63) is 19.1 Å². The molecule has 0 aromatic rings. The van der Waals surface area contributed by atoms with Crippen molar-refractivity contribution < 1.29 is 9.53 Å². The zero-order valence-corrected chi connectivity index (χ0v) is 7.71. The molecular weight excluding hydrogens is 152 g/mol. The third kappa shape index (κ3) is 7.32. The highest BCUT2D eigenvalue weighted by molar-refractivity contribution is 5.81. The van der Waals surface area contributed by atoms with Crippen LogP contribution < -0.4 is 0 Å². The largest absolute Gasteiger partial charge is 0.463 e. The molecule has 0 atom stereocenters. The van der Waals surface area contributed by atoms with E-state index in [-0.39, 0.29) is 5.97 Å². The van der Waals surface area contributed by atoms with Gasteiger partial charge in [-0.2, -0.15) is 0 Å². The van der Waals surface area contributed by atoms with Gasteiger partial charge in [-0.15, -0.1) is 0 Å². The molecule has 0 amide bonds. The van der Waals surface area contributed by atoms with Gasteiger partial charge in [0.05, 0.1) is 6.61 Å². The summed E-state index contributed by atoms with van der Waals surface area (Å²) in [6.45, 7) is 6.25. The first-order valence-corrected chi connectivity index (χ1v) is 4.43. The molecule has 0 bridgehead atoms. The van der Waals surface area contributed by atoms with Crippen LogP contribution >= 0.6 is 0 Å². The Bertz CT molecular complexity index is 139. The Hall–Kier alpha value is -0.790. The third-order valence-corrected chi connectivity index (χ3v) is 1.37. The zero-order valence-electron chi connectivity index (χ0n) is 7.71. The average Bonchev–Trinajstić information content (AvgIpc) is 2.06. The van der Waals surface area contributed by atoms with Gasteiger partial charge in [0, 0.05) is 6.08 Å². The molecule has 0 saturated heterocycles. The molecule has 0 heterocycles. The van der Waals surface area contributed by atoms with E-state index < -0.39 is 0 Å². The fourth-order valence-electron chi connectivity index (χ4n) is 0.663. The molecule has 2 nitrogen and oxygen atoms in total. The number of esters is 1. The molecule has 0 N–H and O–H groups in total. The molecule has 0 rings (SSSR count). The second-order valence-electron chi connectivity index (χ2n) is 2.57. The second kappa shape index (κ2) is 8.31. The first-order chi connectivity index (χ1) is 5.81. The summed E-state index contributed by atoms with van der Waals surface area (Å²) in [6.07, 6.45) is 6.91. The van der Waals surface area contributed by atoms with Crippen LogP contribution in [-0.4, -0.2) is 12.6 Å². The number of allylic oxidation sites excluding steroid dienone is 1. The minimum Gasteiger partial charge on any atom is -0.463 e. The maximum Gasteiger partial charge on any atom is 0.330 e. The zero-order chi connectivity index (χ0) is 9.23. The summed E-state index contributed by atoms with van der Waals surface area (Å²) in [4.78, 5) is 10.9. The van der Waals surface area contributed by atoms with Crippen molar-refractivity contribution in [1.29, 1.82) is 0 Å². The lowest BCUT2D eigenvalue weighted by molar-refractivity contribution is -0.137. The fourth-order valence-corrected chi connectivity index (χ4v) is 0.663. The van der Waals surface area contributed by atoms with E-state index in [1.54, 1.807) is 6.08 Å². The summed E-state index contributed by atoms with van der Waals surface area (Å²) < 4.78 is 4.88. The summed E-state index contributed by atoms with van der Waals surface area (Å²) in [5, 5.41) is 0. The Morgan fingerprint density at radius 2 is 2.33 bits per heavy atom. The lowest BCUT2D eigenvalue weighted by atomic mass is 10.3. The van der Waals surface area contributed by atoms with Crippen LogP contribution in [0.1, 0.15) is 32.6 Å². The lowest BCUT2D eigenvalue weighted by Crippen LogP contribution is -2.01. The Kier molecular flexibility index (Phi) is 7.76. The molecule has 0 aliphatic carbocycles. The van der Waals surface area contributed by atoms with Gasteiger partial charge in [-0.05, 0) is 19.3 Å². The van der Waals surface area contributed by atoms with E-state index in [0.29, 0.717) is 6.61 Å². The number of hydrogen-bond acceptors (Lipinski definition) is 2. The van der Waals surface area contributed by atoms with Gasteiger partial charge in [0.2, 0.25) is 0 Å². The Balaban J connectivity index is 3.33. The van der Waals surface area contributed by atoms with Crippen molar-refractivity contribution in [2.45, 2.75) is 32.6 Å². The molecule has 0 saturated carbocycles. The average molecular weight is 169 g/mol. The highest BCUT2D eigenvalue weighted by Crippen LogP contribution is 1.92. The van der Waals surface area contributed by atoms with Crippen LogP contribution in [0.15, 0.2) is 12.2 Å². The smallest absolute Gasteiger partial charge is 0.330 e. The van der Waals surface area contributed by atoms with Crippen LogP contribution in [0, 0.1) is 6.92 Å². The standard InChI is InChI=1S/C10H17O2/c1-3-5-7-8-10(11)12-9-6-4-2/h7-8H,1,3-6,9H2,2H3. The van der Waals surface area contributed by atoms with E-state index >= 15 is 0 Å². The molecule has 0 unspecified atom stereocenters. The fraction of sp³-hybridized carbons (Fsp3) is 0.600. The molecular formula is C10H17O2. The van der Waals surface area contributed by atoms with Crippen LogP contribution in [0.3, 0.4) is 0 Å². The lowest BCUT2D eigenvalue weighted by Gasteiger charge is -1.98. The molecule has 12 heavy (non-hydrogen) atoms. The van der Waals surface area contributed by atoms with Crippen LogP contribution in [0.25, 0.3) is 0 Å². The summed E-state index contributed by atoms with van der Waals surface area (Å²) >= 11 is 0. The Morgan fingerprint density at radius 1 is 1.58 bits per heavy atom. The van der Waals surface area contributed by atoms with E-state index in [9.17, 15) is 4.79 Å². The number of rotatable bonds is 6. The molecule has 2 heteroatoms. The molecule has 0 aliphatic heterocycles. The first-order valence-electron chi connectivity index (χ1n) is 4.43. The van der Waals surface area contributed by atoms with E-state index in [2.05, 4.69) is 13.8 Å². The summed E-state index contributed by atoms with van der Waals surface area (Å²) in [5.41, 5.74) is 0. The van der Waals surface area contributed by atoms with Gasteiger partial charge in [0.25, 0.3) is 0 Å². The van der Waals surface area contributed by atoms with Gasteiger partial charge >= 0.3 is 5.97 Å². The molecule has 0 aromatic heterocycles. The maximum absolute atomic E-state index is 10.9. The molecule has 0 fully saturated rings. The van der Waals surface area contributed by atoms with Crippen molar-refractivity contribution >= 4 is 5.97 Å². The topological polar surface area (TPSA) is 26.3 Å². The minimum absolute atomic E-state index is 0.239. The predicted octanol–water partition coefficient (Wildman–Crippen LogP) is 2.50. The predicted molar refractivity (Wildman–Crippen MR) is 49.6 cm³/mol. The number of hydrogen-bond donors (Lipinski definition) is 0. The molecule has 0 aliphatic rings. The highest BCUT2D eigenvalue weighted by atomic mass is 16.5. The molecule has 0 spiro atoms. The Morgan fingerprint density at radius 3 is 2.92 bits per heavy atom. The van der Waals surface area contributed by atoms with Crippen LogP contribution in [0.4, 0.5) is 0 Å². The molecule has 69 valence electrons. The highest BCUT2D eigenvalue weighted by Gasteiger charge is 1.93. The van der Waals surface area contributed by atoms with Gasteiger partial charge in [-0.1, -0.05) is 26.3 Å². The van der Waals surface area contributed by atoms with E-state index in [4.69, 9.17) is 4.74 Å². The van der Waals surface area contributed by atoms with Crippen molar-refractivity contribution in [2.24, 2.45) is 0 Å². The SMILES string of the molecule is [CH2]CCC=CC(=O)OCCCC. The van der Waals surface area contributed by atoms with Crippen LogP contribution in [0.2, 0.25) is 0 Å². The van der Waals surface area contributed by atoms with E-state index in [1.165, 1.54) is 6.08 Å². The van der Waals surface area contributed by atoms with Gasteiger partial charge in [0.1, 0.15) is 0 Å². The summed E-state index contributed by atoms with van der Waals surface area (Å²) in [7, 11) is 0. The van der Waals surface area contributed by atoms with Crippen molar-refractivity contribution in [3.63, 3.8) is 0 Å². The van der Waals surface area contributed by atoms with Gasteiger partial charge in [-0.25, -0.2) is 4.79 Å². The monoisotopic (exact) mass is 169 g/mol. The van der Waals surface area contributed by atoms with Crippen LogP contribution in [-0.2, 0) is 9.53 Å². The van der Waals surface area contributed by atoms with Crippen LogP contribution in [0.5, 0.6) is 0 Å². The van der Waals surface area contributed by atoms with E-state index in [0.717, 1.165) is 25.7 Å². The van der Waals surface area contributed by atoms with Gasteiger partial charge in [0.15, 0.2) is 0 Å². The number of carbonyl (C=O) groups is 1. The van der Waals surface area contributed by atoms with E-state index in [1.807, 2.05) is 0 Å². The quantitative estimate of drug-likeness (QED) is 0.347. The van der Waals surface area contributed by atoms with Gasteiger partial charge < -0.3 is 4.74 Å². The van der Waals surface area contributed by atoms with Crippen molar-refractivity contribution in [1.82, 2.24) is 0 Å². The van der Waals surface area contributed by atoms with Gasteiger partial charge in [-0.3, -0.25) is 0 Å². The first kappa shape index (κ1) is 11.2. The number of ether oxygens (including phenoxy) is 1. The Labute approximate surface area is 74.6 Å². The van der Waals surface area contributed by atoms with Crippen molar-refractivity contribution in [2.75, 3.05) is 6.61 Å². The maximum atomic E-state index is 10.9. The normalized spacial score (nSPS) is 10.5. The third-order valence-electron chi connectivity index (χ3n) is 1.37. The number of carbonyl (C=O) groups excluding carboxylic acids is 1. The summed E-state index contributed by atoms with van der Waals surface area (Å²) in [6, 6.07) is 0. The minimum atomic E-state index is -0.239.